The van der Waals surface area contributed by atoms with E-state index in [1.54, 1.807) is 4.68 Å². The van der Waals surface area contributed by atoms with E-state index >= 15 is 0 Å². The van der Waals surface area contributed by atoms with Gasteiger partial charge in [-0.3, -0.25) is 9.69 Å². The van der Waals surface area contributed by atoms with Gasteiger partial charge in [0.1, 0.15) is 0 Å². The van der Waals surface area contributed by atoms with Gasteiger partial charge in [-0.15, -0.1) is 5.10 Å². The van der Waals surface area contributed by atoms with E-state index in [9.17, 15) is 4.79 Å². The van der Waals surface area contributed by atoms with Crippen LogP contribution in [-0.2, 0) is 16.6 Å². The summed E-state index contributed by atoms with van der Waals surface area (Å²) in [4.78, 5) is 15.3. The average Bonchev–Trinajstić information content (AvgIpc) is 3.28. The van der Waals surface area contributed by atoms with E-state index in [1.807, 2.05) is 7.05 Å². The number of carbonyl (C=O) groups excluding carboxylic acids is 1. The Morgan fingerprint density at radius 3 is 2.84 bits per heavy atom. The molecule has 2 saturated heterocycles. The maximum Gasteiger partial charge on any atom is 0.226 e. The highest BCUT2D eigenvalue weighted by atomic mass is 16.5. The molecule has 3 rings (SSSR count). The number of nitrogens with zero attached hydrogens (tertiary/aromatic N) is 5. The molecule has 2 atom stereocenters. The smallest absolute Gasteiger partial charge is 0.226 e. The van der Waals surface area contributed by atoms with Gasteiger partial charge in [-0.25, -0.2) is 4.68 Å². The Morgan fingerprint density at radius 1 is 1.44 bits per heavy atom. The Labute approximate surface area is 149 Å². The van der Waals surface area contributed by atoms with E-state index in [-0.39, 0.29) is 17.4 Å². The number of nitrogens with one attached hydrogen (secondary N) is 1. The van der Waals surface area contributed by atoms with Crippen molar-refractivity contribution >= 4 is 5.91 Å². The molecule has 140 valence electrons. The molecule has 2 fully saturated rings. The van der Waals surface area contributed by atoms with Crippen molar-refractivity contribution in [1.29, 1.82) is 0 Å². The average molecular weight is 350 g/mol. The number of aromatic nitrogens is 4. The minimum Gasteiger partial charge on any atom is -0.381 e. The summed E-state index contributed by atoms with van der Waals surface area (Å²) in [6.45, 7) is 7.33. The first-order chi connectivity index (χ1) is 12.1. The number of hydrogen-bond acceptors (Lipinski definition) is 6. The fourth-order valence-corrected chi connectivity index (χ4v) is 4.23. The summed E-state index contributed by atoms with van der Waals surface area (Å²) in [5, 5.41) is 15.1. The summed E-state index contributed by atoms with van der Waals surface area (Å²) in [5.41, 5.74) is -0.249. The second-order valence-corrected chi connectivity index (χ2v) is 7.33. The van der Waals surface area contributed by atoms with E-state index in [4.69, 9.17) is 4.74 Å². The second kappa shape index (κ2) is 7.78. The molecule has 1 aromatic rings. The van der Waals surface area contributed by atoms with Crippen molar-refractivity contribution in [3.8, 4) is 0 Å². The molecule has 2 aliphatic rings. The van der Waals surface area contributed by atoms with Crippen molar-refractivity contribution in [2.24, 2.45) is 12.5 Å². The molecular weight excluding hydrogens is 320 g/mol. The molecule has 0 bridgehead atoms. The van der Waals surface area contributed by atoms with Crippen molar-refractivity contribution in [1.82, 2.24) is 30.4 Å². The predicted octanol–water partition coefficient (Wildman–Crippen LogP) is 1.06. The standard InChI is InChI=1S/C17H30N6O2/c1-4-17(7-10-25-11-8-17)16(24)18-12-14-6-5-9-23(14)13(2)15-19-20-21-22(15)3/h13-14H,4-12H2,1-3H3,(H,18,24). The van der Waals surface area contributed by atoms with Gasteiger partial charge in [-0.2, -0.15) is 0 Å². The summed E-state index contributed by atoms with van der Waals surface area (Å²) >= 11 is 0. The van der Waals surface area contributed by atoms with Gasteiger partial charge in [0.2, 0.25) is 5.91 Å². The lowest BCUT2D eigenvalue weighted by Gasteiger charge is -2.36. The monoisotopic (exact) mass is 350 g/mol. The Morgan fingerprint density at radius 2 is 2.20 bits per heavy atom. The van der Waals surface area contributed by atoms with Gasteiger partial charge in [0.25, 0.3) is 0 Å². The van der Waals surface area contributed by atoms with E-state index in [0.717, 1.165) is 44.5 Å². The number of hydrogen-bond donors (Lipinski definition) is 1. The normalized spacial score (nSPS) is 25.0. The predicted molar refractivity (Wildman–Crippen MR) is 92.7 cm³/mol. The van der Waals surface area contributed by atoms with Crippen LogP contribution in [0.15, 0.2) is 0 Å². The van der Waals surface area contributed by atoms with E-state index in [0.29, 0.717) is 25.8 Å². The van der Waals surface area contributed by atoms with Crippen LogP contribution in [0.4, 0.5) is 0 Å². The zero-order valence-corrected chi connectivity index (χ0v) is 15.6. The van der Waals surface area contributed by atoms with Gasteiger partial charge < -0.3 is 10.1 Å². The first-order valence-corrected chi connectivity index (χ1v) is 9.41. The summed E-state index contributed by atoms with van der Waals surface area (Å²) in [5.74, 6) is 1.06. The molecule has 0 radical (unpaired) electrons. The van der Waals surface area contributed by atoms with Crippen molar-refractivity contribution in [3.63, 3.8) is 0 Å². The first kappa shape index (κ1) is 18.3. The van der Waals surface area contributed by atoms with Crippen LogP contribution in [0, 0.1) is 5.41 Å². The van der Waals surface area contributed by atoms with Crippen LogP contribution in [0.5, 0.6) is 0 Å². The highest BCUT2D eigenvalue weighted by molar-refractivity contribution is 5.82. The van der Waals surface area contributed by atoms with Gasteiger partial charge in [0.05, 0.1) is 11.5 Å². The Bertz CT molecular complexity index is 583. The zero-order chi connectivity index (χ0) is 17.9. The lowest BCUT2D eigenvalue weighted by Crippen LogP contribution is -2.48. The van der Waals surface area contributed by atoms with Crippen LogP contribution in [-0.4, -0.2) is 63.4 Å². The zero-order valence-electron chi connectivity index (χ0n) is 15.6. The van der Waals surface area contributed by atoms with Crippen LogP contribution in [0.1, 0.15) is 57.8 Å². The second-order valence-electron chi connectivity index (χ2n) is 7.33. The van der Waals surface area contributed by atoms with E-state index < -0.39 is 0 Å². The summed E-state index contributed by atoms with van der Waals surface area (Å²) in [6, 6.07) is 0.483. The Kier molecular flexibility index (Phi) is 5.68. The number of aryl methyl sites for hydroxylation is 1. The van der Waals surface area contributed by atoms with Gasteiger partial charge >= 0.3 is 0 Å². The summed E-state index contributed by atoms with van der Waals surface area (Å²) in [6.07, 6.45) is 4.76. The molecular formula is C17H30N6O2. The molecule has 25 heavy (non-hydrogen) atoms. The van der Waals surface area contributed by atoms with Gasteiger partial charge in [0, 0.05) is 32.8 Å². The molecule has 8 heteroatoms. The van der Waals surface area contributed by atoms with Gasteiger partial charge in [-0.1, -0.05) is 6.92 Å². The Balaban J connectivity index is 1.60. The largest absolute Gasteiger partial charge is 0.381 e. The number of amides is 1. The van der Waals surface area contributed by atoms with Crippen LogP contribution < -0.4 is 5.32 Å². The maximum absolute atomic E-state index is 12.8. The maximum atomic E-state index is 12.8. The topological polar surface area (TPSA) is 85.2 Å². The molecule has 0 aliphatic carbocycles. The minimum atomic E-state index is -0.249. The molecule has 3 heterocycles. The lowest BCUT2D eigenvalue weighted by atomic mass is 9.77. The van der Waals surface area contributed by atoms with Crippen molar-refractivity contribution in [2.75, 3.05) is 26.3 Å². The molecule has 0 saturated carbocycles. The summed E-state index contributed by atoms with van der Waals surface area (Å²) < 4.78 is 7.18. The van der Waals surface area contributed by atoms with Gasteiger partial charge in [0.15, 0.2) is 5.82 Å². The third-order valence-corrected chi connectivity index (χ3v) is 6.05. The molecule has 1 amide bonds. The quantitative estimate of drug-likeness (QED) is 0.826. The van der Waals surface area contributed by atoms with Crippen molar-refractivity contribution < 1.29 is 9.53 Å². The number of likely N-dealkylation sites (tertiary alicyclic amines) is 1. The fraction of sp³-hybridized carbons (Fsp3) is 0.882. The highest BCUT2D eigenvalue weighted by Gasteiger charge is 2.39. The van der Waals surface area contributed by atoms with Crippen molar-refractivity contribution in [2.45, 2.75) is 58.0 Å². The van der Waals surface area contributed by atoms with E-state index in [1.165, 1.54) is 0 Å². The SMILES string of the molecule is CCC1(C(=O)NCC2CCCN2C(C)c2nnnn2C)CCOCC1. The van der Waals surface area contributed by atoms with Crippen molar-refractivity contribution in [3.05, 3.63) is 5.82 Å². The first-order valence-electron chi connectivity index (χ1n) is 9.41. The lowest BCUT2D eigenvalue weighted by molar-refractivity contribution is -0.137. The summed E-state index contributed by atoms with van der Waals surface area (Å²) in [7, 11) is 1.87. The van der Waals surface area contributed by atoms with E-state index in [2.05, 4.69) is 39.6 Å². The number of rotatable bonds is 6. The van der Waals surface area contributed by atoms with Crippen LogP contribution in [0.2, 0.25) is 0 Å². The molecule has 1 N–H and O–H groups in total. The molecule has 2 aliphatic heterocycles. The molecule has 2 unspecified atom stereocenters. The molecule has 1 aromatic heterocycles. The van der Waals surface area contributed by atoms with Gasteiger partial charge in [-0.05, 0) is 56.0 Å². The number of carbonyl (C=O) groups is 1. The fourth-order valence-electron chi connectivity index (χ4n) is 4.23. The minimum absolute atomic E-state index is 0.146. The van der Waals surface area contributed by atoms with Crippen LogP contribution in [0.25, 0.3) is 0 Å². The van der Waals surface area contributed by atoms with Crippen LogP contribution in [0.3, 0.4) is 0 Å². The Hall–Kier alpha value is -1.54. The molecule has 8 nitrogen and oxygen atoms in total. The third-order valence-electron chi connectivity index (χ3n) is 6.05. The third kappa shape index (κ3) is 3.69. The molecule has 0 aromatic carbocycles. The highest BCUT2D eigenvalue weighted by Crippen LogP contribution is 2.34. The van der Waals surface area contributed by atoms with Crippen LogP contribution >= 0.6 is 0 Å². The number of tetrazole rings is 1. The number of ether oxygens (including phenoxy) is 1. The molecule has 0 spiro atoms.